The Bertz CT molecular complexity index is 1090. The van der Waals surface area contributed by atoms with E-state index in [9.17, 15) is 23.1 Å². The molecule has 3 nitrogen and oxygen atoms in total. The molecule has 1 N–H and O–H groups in total. The Kier molecular flexibility index (Phi) is 5.78. The van der Waals surface area contributed by atoms with Gasteiger partial charge in [0.15, 0.2) is 5.78 Å². The molecule has 1 aliphatic heterocycles. The molecule has 34 heavy (non-hydrogen) atoms. The summed E-state index contributed by atoms with van der Waals surface area (Å²) in [6.07, 6.45) is 1.59. The fourth-order valence-corrected chi connectivity index (χ4v) is 6.02. The Morgan fingerprint density at radius 1 is 1.06 bits per heavy atom. The van der Waals surface area contributed by atoms with Gasteiger partial charge in [-0.3, -0.25) is 4.79 Å². The maximum Gasteiger partial charge on any atom is 0.416 e. The number of carbonyl (C=O) groups is 1. The number of halogens is 3. The summed E-state index contributed by atoms with van der Waals surface area (Å²) in [5, 5.41) is 11.6. The van der Waals surface area contributed by atoms with Crippen LogP contribution in [0.5, 0.6) is 5.75 Å². The van der Waals surface area contributed by atoms with E-state index in [0.717, 1.165) is 68.2 Å². The molecule has 0 radical (unpaired) electrons. The lowest BCUT2D eigenvalue weighted by atomic mass is 9.71. The van der Waals surface area contributed by atoms with Crippen LogP contribution in [0.3, 0.4) is 0 Å². The van der Waals surface area contributed by atoms with Crippen LogP contribution in [0, 0.1) is 0 Å². The maximum atomic E-state index is 13.5. The van der Waals surface area contributed by atoms with Crippen molar-refractivity contribution in [3.63, 3.8) is 0 Å². The highest BCUT2D eigenvalue weighted by Gasteiger charge is 2.47. The predicted molar refractivity (Wildman–Crippen MR) is 123 cm³/mol. The minimum absolute atomic E-state index is 0.0440. The van der Waals surface area contributed by atoms with Crippen LogP contribution in [-0.4, -0.2) is 16.5 Å². The van der Waals surface area contributed by atoms with E-state index in [4.69, 9.17) is 4.74 Å². The Hall–Kier alpha value is -2.34. The van der Waals surface area contributed by atoms with Crippen molar-refractivity contribution >= 4 is 5.78 Å². The number of carbonyl (C=O) groups excluding carboxylic acids is 1. The third-order valence-electron chi connectivity index (χ3n) is 7.97. The van der Waals surface area contributed by atoms with Crippen LogP contribution in [0.15, 0.2) is 30.3 Å². The summed E-state index contributed by atoms with van der Waals surface area (Å²) in [4.78, 5) is 13.5. The van der Waals surface area contributed by atoms with Gasteiger partial charge in [-0.2, -0.15) is 13.2 Å². The predicted octanol–water partition coefficient (Wildman–Crippen LogP) is 7.46. The van der Waals surface area contributed by atoms with Crippen LogP contribution in [0.25, 0.3) is 0 Å². The number of aliphatic hydroxyl groups is 1. The van der Waals surface area contributed by atoms with E-state index < -0.39 is 23.4 Å². The molecule has 2 aliphatic carbocycles. The number of fused-ring (bicyclic) bond motifs is 1. The number of aliphatic hydroxyl groups excluding tert-OH is 1. The largest absolute Gasteiger partial charge is 0.486 e. The van der Waals surface area contributed by atoms with E-state index in [-0.39, 0.29) is 17.6 Å². The highest BCUT2D eigenvalue weighted by Crippen LogP contribution is 2.52. The number of ketones is 1. The number of Topliss-reactive ketones (excluding diaryl/α,β-unsaturated/α-hetero) is 1. The summed E-state index contributed by atoms with van der Waals surface area (Å²) in [5.41, 5.74) is 2.30. The van der Waals surface area contributed by atoms with Gasteiger partial charge in [-0.05, 0) is 84.4 Å². The van der Waals surface area contributed by atoms with Gasteiger partial charge in [-0.25, -0.2) is 0 Å². The van der Waals surface area contributed by atoms with Gasteiger partial charge in [-0.15, -0.1) is 0 Å². The summed E-state index contributed by atoms with van der Waals surface area (Å²) in [6.45, 7) is 4.07. The van der Waals surface area contributed by atoms with Crippen molar-refractivity contribution in [1.82, 2.24) is 0 Å². The molecule has 2 aromatic carbocycles. The number of ether oxygens (including phenoxy) is 1. The molecule has 5 rings (SSSR count). The molecule has 2 fully saturated rings. The van der Waals surface area contributed by atoms with Crippen molar-refractivity contribution in [3.8, 4) is 5.75 Å². The van der Waals surface area contributed by atoms with Crippen molar-refractivity contribution < 1.29 is 27.8 Å². The minimum atomic E-state index is -4.44. The second-order valence-corrected chi connectivity index (χ2v) is 10.6. The van der Waals surface area contributed by atoms with Crippen LogP contribution < -0.4 is 4.74 Å². The third-order valence-corrected chi connectivity index (χ3v) is 7.97. The first kappa shape index (κ1) is 23.4. The first-order valence-corrected chi connectivity index (χ1v) is 12.4. The van der Waals surface area contributed by atoms with Gasteiger partial charge in [0.2, 0.25) is 0 Å². The SMILES string of the molecule is CC(C)c1cc2c(c(C3CCCC3)c1C(O)c1ccc(C(F)(F)F)cc1)C(=O)CC1(CCC1)O2. The van der Waals surface area contributed by atoms with Crippen LogP contribution >= 0.6 is 0 Å². The lowest BCUT2D eigenvalue weighted by Crippen LogP contribution is -2.48. The molecular weight excluding hydrogens is 441 g/mol. The number of alkyl halides is 3. The fraction of sp³-hybridized carbons (Fsp3) is 0.536. The third kappa shape index (κ3) is 3.94. The summed E-state index contributed by atoms with van der Waals surface area (Å²) in [7, 11) is 0. The van der Waals surface area contributed by atoms with E-state index >= 15 is 0 Å². The molecule has 6 heteroatoms. The van der Waals surface area contributed by atoms with E-state index in [1.807, 2.05) is 19.9 Å². The number of benzene rings is 2. The molecule has 2 saturated carbocycles. The summed E-state index contributed by atoms with van der Waals surface area (Å²) in [5.74, 6) is 0.876. The van der Waals surface area contributed by atoms with Gasteiger partial charge < -0.3 is 9.84 Å². The maximum absolute atomic E-state index is 13.5. The van der Waals surface area contributed by atoms with Gasteiger partial charge in [0.1, 0.15) is 17.5 Å². The normalized spacial score (nSPS) is 20.9. The average Bonchev–Trinajstić information content (AvgIpc) is 3.30. The first-order valence-electron chi connectivity index (χ1n) is 12.4. The van der Waals surface area contributed by atoms with Gasteiger partial charge in [0, 0.05) is 0 Å². The van der Waals surface area contributed by atoms with E-state index in [1.165, 1.54) is 12.1 Å². The quantitative estimate of drug-likeness (QED) is 0.502. The van der Waals surface area contributed by atoms with Gasteiger partial charge in [0.05, 0.1) is 17.5 Å². The van der Waals surface area contributed by atoms with Crippen LogP contribution in [0.2, 0.25) is 0 Å². The molecule has 0 bridgehead atoms. The molecule has 1 unspecified atom stereocenters. The van der Waals surface area contributed by atoms with Crippen molar-refractivity contribution in [3.05, 3.63) is 63.7 Å². The van der Waals surface area contributed by atoms with Gasteiger partial charge >= 0.3 is 6.18 Å². The van der Waals surface area contributed by atoms with Crippen molar-refractivity contribution in [1.29, 1.82) is 0 Å². The number of hydrogen-bond donors (Lipinski definition) is 1. The zero-order valence-corrected chi connectivity index (χ0v) is 19.7. The fourth-order valence-electron chi connectivity index (χ4n) is 6.02. The Morgan fingerprint density at radius 2 is 1.71 bits per heavy atom. The van der Waals surface area contributed by atoms with Crippen LogP contribution in [-0.2, 0) is 6.18 Å². The molecule has 182 valence electrons. The average molecular weight is 473 g/mol. The van der Waals surface area contributed by atoms with Crippen LogP contribution in [0.1, 0.15) is 121 Å². The molecule has 0 amide bonds. The standard InChI is InChI=1S/C28H31F3O3/c1-16(2)20-14-22-25(21(32)15-27(34-22)12-5-13-27)23(17-6-3-4-7-17)24(20)26(33)18-8-10-19(11-9-18)28(29,30)31/h8-11,14,16-17,26,33H,3-7,12-13,15H2,1-2H3. The Labute approximate surface area is 198 Å². The van der Waals surface area contributed by atoms with E-state index in [2.05, 4.69) is 0 Å². The Morgan fingerprint density at radius 3 is 2.24 bits per heavy atom. The number of hydrogen-bond acceptors (Lipinski definition) is 3. The van der Waals surface area contributed by atoms with E-state index in [1.54, 1.807) is 0 Å². The van der Waals surface area contributed by atoms with E-state index in [0.29, 0.717) is 28.9 Å². The summed E-state index contributed by atoms with van der Waals surface area (Å²) in [6, 6.07) is 6.62. The van der Waals surface area contributed by atoms with Gasteiger partial charge in [0.25, 0.3) is 0 Å². The molecule has 1 heterocycles. The zero-order valence-electron chi connectivity index (χ0n) is 19.7. The van der Waals surface area contributed by atoms with Crippen LogP contribution in [0.4, 0.5) is 13.2 Å². The molecule has 3 aliphatic rings. The second kappa shape index (κ2) is 8.40. The molecule has 0 saturated heterocycles. The topological polar surface area (TPSA) is 46.5 Å². The molecule has 1 atom stereocenters. The molecule has 0 aromatic heterocycles. The van der Waals surface area contributed by atoms with Gasteiger partial charge in [-0.1, -0.05) is 38.8 Å². The highest BCUT2D eigenvalue weighted by molar-refractivity contribution is 6.02. The molecular formula is C28H31F3O3. The summed E-state index contributed by atoms with van der Waals surface area (Å²) >= 11 is 0. The molecule has 1 spiro atoms. The monoisotopic (exact) mass is 472 g/mol. The minimum Gasteiger partial charge on any atom is -0.486 e. The lowest BCUT2D eigenvalue weighted by molar-refractivity contribution is -0.137. The second-order valence-electron chi connectivity index (χ2n) is 10.6. The highest BCUT2D eigenvalue weighted by atomic mass is 19.4. The number of rotatable bonds is 4. The van der Waals surface area contributed by atoms with Crippen molar-refractivity contribution in [2.75, 3.05) is 0 Å². The Balaban J connectivity index is 1.68. The first-order chi connectivity index (χ1) is 16.1. The summed E-state index contributed by atoms with van der Waals surface area (Å²) < 4.78 is 45.8. The smallest absolute Gasteiger partial charge is 0.416 e. The lowest BCUT2D eigenvalue weighted by Gasteiger charge is -2.45. The van der Waals surface area contributed by atoms with Crippen molar-refractivity contribution in [2.45, 2.75) is 94.9 Å². The zero-order chi connectivity index (χ0) is 24.3. The molecule has 2 aromatic rings. The van der Waals surface area contributed by atoms with Crippen molar-refractivity contribution in [2.24, 2.45) is 0 Å².